The molecule has 2 aliphatic heterocycles. The first-order valence-corrected chi connectivity index (χ1v) is 6.06. The number of amides is 4. The van der Waals surface area contributed by atoms with Gasteiger partial charge in [-0.3, -0.25) is 14.9 Å². The summed E-state index contributed by atoms with van der Waals surface area (Å²) in [4.78, 5) is 36.2. The third-order valence-corrected chi connectivity index (χ3v) is 3.41. The van der Waals surface area contributed by atoms with Gasteiger partial charge in [0, 0.05) is 19.7 Å². The molecule has 0 aromatic heterocycles. The van der Waals surface area contributed by atoms with Crippen LogP contribution in [-0.2, 0) is 14.3 Å². The van der Waals surface area contributed by atoms with Gasteiger partial charge in [0.05, 0.1) is 0 Å². The molecule has 2 aliphatic rings. The van der Waals surface area contributed by atoms with E-state index < -0.39 is 11.6 Å². The molecule has 2 rings (SSSR count). The number of carbonyl (C=O) groups is 3. The highest BCUT2D eigenvalue weighted by molar-refractivity contribution is 6.07. The third kappa shape index (κ3) is 2.31. The summed E-state index contributed by atoms with van der Waals surface area (Å²) in [5.41, 5.74) is -0.820. The number of urea groups is 1. The molecule has 2 saturated heterocycles. The monoisotopic (exact) mass is 255 g/mol. The molecule has 0 unspecified atom stereocenters. The second-order valence-corrected chi connectivity index (χ2v) is 4.51. The van der Waals surface area contributed by atoms with E-state index in [1.807, 2.05) is 6.92 Å². The predicted octanol–water partition coefficient (Wildman–Crippen LogP) is -0.776. The minimum absolute atomic E-state index is 0.0715. The normalized spacial score (nSPS) is 21.9. The molecule has 7 nitrogen and oxygen atoms in total. The topological polar surface area (TPSA) is 87.7 Å². The molecule has 2 fully saturated rings. The van der Waals surface area contributed by atoms with Crippen molar-refractivity contribution in [1.82, 2.24) is 15.5 Å². The van der Waals surface area contributed by atoms with Crippen LogP contribution in [0.2, 0.25) is 0 Å². The lowest BCUT2D eigenvalue weighted by Crippen LogP contribution is -2.56. The lowest BCUT2D eigenvalue weighted by molar-refractivity contribution is -0.139. The number of hydrogen-bond donors (Lipinski definition) is 2. The minimum Gasteiger partial charge on any atom is -0.372 e. The molecule has 18 heavy (non-hydrogen) atoms. The van der Waals surface area contributed by atoms with Crippen molar-refractivity contribution in [3.8, 4) is 0 Å². The van der Waals surface area contributed by atoms with Crippen LogP contribution in [0.3, 0.4) is 0 Å². The highest BCUT2D eigenvalue weighted by atomic mass is 16.5. The fraction of sp³-hybridized carbons (Fsp3) is 0.727. The number of likely N-dealkylation sites (tertiary alicyclic amines) is 1. The summed E-state index contributed by atoms with van der Waals surface area (Å²) < 4.78 is 5.06. The van der Waals surface area contributed by atoms with Gasteiger partial charge in [0.1, 0.15) is 12.1 Å². The van der Waals surface area contributed by atoms with E-state index in [9.17, 15) is 14.4 Å². The van der Waals surface area contributed by atoms with Crippen molar-refractivity contribution in [3.63, 3.8) is 0 Å². The van der Waals surface area contributed by atoms with Crippen LogP contribution >= 0.6 is 0 Å². The fourth-order valence-electron chi connectivity index (χ4n) is 2.30. The Kier molecular flexibility index (Phi) is 3.51. The Labute approximate surface area is 105 Å². The van der Waals surface area contributed by atoms with E-state index in [1.165, 1.54) is 0 Å². The van der Waals surface area contributed by atoms with Crippen LogP contribution in [0.15, 0.2) is 0 Å². The van der Waals surface area contributed by atoms with Crippen molar-refractivity contribution >= 4 is 17.8 Å². The van der Waals surface area contributed by atoms with Gasteiger partial charge in [-0.2, -0.15) is 0 Å². The molecule has 0 saturated carbocycles. The summed E-state index contributed by atoms with van der Waals surface area (Å²) in [7, 11) is 0. The number of nitrogens with one attached hydrogen (secondary N) is 2. The fourth-order valence-corrected chi connectivity index (χ4v) is 2.30. The van der Waals surface area contributed by atoms with Gasteiger partial charge in [-0.05, 0) is 19.8 Å². The molecule has 0 atom stereocenters. The standard InChI is InChI=1S/C11H17N3O4/c1-2-18-7-8(15)14-5-3-11(4-6-14)9(16)12-10(17)13-11/h2-7H2,1H3,(H2,12,13,16,17). The van der Waals surface area contributed by atoms with Gasteiger partial charge in [-0.1, -0.05) is 0 Å². The van der Waals surface area contributed by atoms with E-state index in [1.54, 1.807) is 4.90 Å². The van der Waals surface area contributed by atoms with Crippen LogP contribution in [0.4, 0.5) is 4.79 Å². The molecule has 0 radical (unpaired) electrons. The Hall–Kier alpha value is -1.63. The Morgan fingerprint density at radius 3 is 2.56 bits per heavy atom. The summed E-state index contributed by atoms with van der Waals surface area (Å²) in [6.45, 7) is 3.32. The van der Waals surface area contributed by atoms with Gasteiger partial charge in [0.2, 0.25) is 5.91 Å². The Morgan fingerprint density at radius 1 is 1.39 bits per heavy atom. The molecule has 2 heterocycles. The number of ether oxygens (including phenoxy) is 1. The van der Waals surface area contributed by atoms with Gasteiger partial charge in [-0.25, -0.2) is 4.79 Å². The van der Waals surface area contributed by atoms with Crippen LogP contribution in [-0.4, -0.2) is 54.6 Å². The average Bonchev–Trinajstić information content (AvgIpc) is 2.62. The predicted molar refractivity (Wildman–Crippen MR) is 61.7 cm³/mol. The van der Waals surface area contributed by atoms with E-state index in [2.05, 4.69) is 10.6 Å². The number of nitrogens with zero attached hydrogens (tertiary/aromatic N) is 1. The molecule has 7 heteroatoms. The third-order valence-electron chi connectivity index (χ3n) is 3.41. The van der Waals surface area contributed by atoms with Crippen molar-refractivity contribution < 1.29 is 19.1 Å². The summed E-state index contributed by atoms with van der Waals surface area (Å²) >= 11 is 0. The molecule has 2 N–H and O–H groups in total. The van der Waals surface area contributed by atoms with Gasteiger partial charge in [0.15, 0.2) is 0 Å². The maximum atomic E-state index is 11.7. The first-order chi connectivity index (χ1) is 8.57. The number of hydrogen-bond acceptors (Lipinski definition) is 4. The Morgan fingerprint density at radius 2 is 2.06 bits per heavy atom. The Bertz CT molecular complexity index is 374. The molecule has 4 amide bonds. The van der Waals surface area contributed by atoms with E-state index in [4.69, 9.17) is 4.74 Å². The lowest BCUT2D eigenvalue weighted by atomic mass is 9.88. The lowest BCUT2D eigenvalue weighted by Gasteiger charge is -2.36. The first-order valence-electron chi connectivity index (χ1n) is 6.06. The van der Waals surface area contributed by atoms with Gasteiger partial charge >= 0.3 is 6.03 Å². The summed E-state index contributed by atoms with van der Waals surface area (Å²) in [6.07, 6.45) is 0.894. The summed E-state index contributed by atoms with van der Waals surface area (Å²) in [5, 5.41) is 4.89. The average molecular weight is 255 g/mol. The molecular formula is C11H17N3O4. The number of piperidine rings is 1. The molecule has 100 valence electrons. The van der Waals surface area contributed by atoms with Gasteiger partial charge in [-0.15, -0.1) is 0 Å². The highest BCUT2D eigenvalue weighted by Gasteiger charge is 2.48. The zero-order valence-corrected chi connectivity index (χ0v) is 10.3. The Balaban J connectivity index is 1.90. The minimum atomic E-state index is -0.820. The maximum absolute atomic E-state index is 11.7. The van der Waals surface area contributed by atoms with E-state index in [0.717, 1.165) is 0 Å². The largest absolute Gasteiger partial charge is 0.372 e. The molecule has 0 aliphatic carbocycles. The van der Waals surface area contributed by atoms with Crippen LogP contribution in [0.1, 0.15) is 19.8 Å². The maximum Gasteiger partial charge on any atom is 0.322 e. The van der Waals surface area contributed by atoms with Crippen LogP contribution in [0, 0.1) is 0 Å². The van der Waals surface area contributed by atoms with Gasteiger partial charge < -0.3 is 15.0 Å². The first kappa shape index (κ1) is 12.8. The zero-order valence-electron chi connectivity index (χ0n) is 10.3. The summed E-state index contributed by atoms with van der Waals surface area (Å²) in [6, 6.07) is -0.450. The smallest absolute Gasteiger partial charge is 0.322 e. The van der Waals surface area contributed by atoms with Crippen molar-refractivity contribution in [3.05, 3.63) is 0 Å². The summed E-state index contributed by atoms with van der Waals surface area (Å²) in [5.74, 6) is -0.360. The van der Waals surface area contributed by atoms with Crippen molar-refractivity contribution in [1.29, 1.82) is 0 Å². The molecule has 0 bridgehead atoms. The van der Waals surface area contributed by atoms with Gasteiger partial charge in [0.25, 0.3) is 5.91 Å². The van der Waals surface area contributed by atoms with E-state index >= 15 is 0 Å². The number of imide groups is 1. The van der Waals surface area contributed by atoms with E-state index in [0.29, 0.717) is 32.5 Å². The second-order valence-electron chi connectivity index (χ2n) is 4.51. The van der Waals surface area contributed by atoms with Crippen LogP contribution in [0.25, 0.3) is 0 Å². The SMILES string of the molecule is CCOCC(=O)N1CCC2(CC1)NC(=O)NC2=O. The number of carbonyl (C=O) groups excluding carboxylic acids is 3. The van der Waals surface area contributed by atoms with Crippen molar-refractivity contribution in [2.24, 2.45) is 0 Å². The highest BCUT2D eigenvalue weighted by Crippen LogP contribution is 2.25. The van der Waals surface area contributed by atoms with Crippen LogP contribution in [0.5, 0.6) is 0 Å². The van der Waals surface area contributed by atoms with Crippen molar-refractivity contribution in [2.75, 3.05) is 26.3 Å². The number of rotatable bonds is 3. The molecular weight excluding hydrogens is 238 g/mol. The van der Waals surface area contributed by atoms with Crippen molar-refractivity contribution in [2.45, 2.75) is 25.3 Å². The molecule has 0 aromatic carbocycles. The second kappa shape index (κ2) is 4.93. The van der Waals surface area contributed by atoms with Crippen LogP contribution < -0.4 is 10.6 Å². The molecule has 0 aromatic rings. The quantitative estimate of drug-likeness (QED) is 0.648. The molecule has 1 spiro atoms. The zero-order chi connectivity index (χ0) is 13.2. The van der Waals surface area contributed by atoms with E-state index in [-0.39, 0.29) is 18.4 Å².